The van der Waals surface area contributed by atoms with Gasteiger partial charge >= 0.3 is 0 Å². The number of halogens is 1. The van der Waals surface area contributed by atoms with Gasteiger partial charge in [0.05, 0.1) is 13.2 Å². The molecule has 0 spiro atoms. The SMILES string of the molecule is Cc1nc(NCCN2CCOCC2)cc(C(=O)Nc2cccc(Cl)c2C)n1. The Balaban J connectivity index is 1.63. The number of hydrogen-bond donors (Lipinski definition) is 2. The number of carbonyl (C=O) groups excluding carboxylic acids is 1. The summed E-state index contributed by atoms with van der Waals surface area (Å²) in [6.45, 7) is 8.71. The number of morpholine rings is 1. The van der Waals surface area contributed by atoms with Crippen LogP contribution in [-0.4, -0.2) is 60.2 Å². The van der Waals surface area contributed by atoms with Crippen molar-refractivity contribution in [2.24, 2.45) is 0 Å². The van der Waals surface area contributed by atoms with Gasteiger partial charge in [0.1, 0.15) is 17.3 Å². The Bertz CT molecular complexity index is 809. The largest absolute Gasteiger partial charge is 0.379 e. The third kappa shape index (κ3) is 5.38. The first-order valence-corrected chi connectivity index (χ1v) is 9.37. The summed E-state index contributed by atoms with van der Waals surface area (Å²) in [6, 6.07) is 7.07. The number of nitrogens with zero attached hydrogens (tertiary/aromatic N) is 3. The van der Waals surface area contributed by atoms with Gasteiger partial charge in [-0.25, -0.2) is 9.97 Å². The quantitative estimate of drug-likeness (QED) is 0.790. The molecule has 27 heavy (non-hydrogen) atoms. The van der Waals surface area contributed by atoms with Crippen LogP contribution >= 0.6 is 11.6 Å². The van der Waals surface area contributed by atoms with Gasteiger partial charge in [0, 0.05) is 43.0 Å². The first kappa shape index (κ1) is 19.5. The molecule has 144 valence electrons. The smallest absolute Gasteiger partial charge is 0.274 e. The van der Waals surface area contributed by atoms with E-state index in [1.165, 1.54) is 0 Å². The van der Waals surface area contributed by atoms with E-state index in [1.807, 2.05) is 13.0 Å². The van der Waals surface area contributed by atoms with Crippen LogP contribution in [-0.2, 0) is 4.74 Å². The molecule has 1 aromatic heterocycles. The Morgan fingerprint density at radius 3 is 2.81 bits per heavy atom. The van der Waals surface area contributed by atoms with E-state index in [9.17, 15) is 4.79 Å². The number of rotatable bonds is 6. The fourth-order valence-corrected chi connectivity index (χ4v) is 3.05. The number of nitrogens with one attached hydrogen (secondary N) is 2. The second-order valence-corrected chi connectivity index (χ2v) is 6.84. The summed E-state index contributed by atoms with van der Waals surface area (Å²) in [7, 11) is 0. The molecule has 2 N–H and O–H groups in total. The maximum Gasteiger partial charge on any atom is 0.274 e. The monoisotopic (exact) mass is 389 g/mol. The van der Waals surface area contributed by atoms with E-state index in [-0.39, 0.29) is 5.91 Å². The van der Waals surface area contributed by atoms with Crippen molar-refractivity contribution < 1.29 is 9.53 Å². The fraction of sp³-hybridized carbons (Fsp3) is 0.421. The van der Waals surface area contributed by atoms with Crippen LogP contribution in [0, 0.1) is 13.8 Å². The molecule has 1 aliphatic rings. The number of hydrogen-bond acceptors (Lipinski definition) is 6. The van der Waals surface area contributed by atoms with E-state index in [0.29, 0.717) is 28.0 Å². The number of aryl methyl sites for hydroxylation is 1. The molecule has 7 nitrogen and oxygen atoms in total. The van der Waals surface area contributed by atoms with Crippen molar-refractivity contribution in [2.75, 3.05) is 50.0 Å². The molecule has 2 heterocycles. The lowest BCUT2D eigenvalue weighted by Gasteiger charge is -2.26. The molecule has 1 aromatic carbocycles. The lowest BCUT2D eigenvalue weighted by atomic mass is 10.2. The summed E-state index contributed by atoms with van der Waals surface area (Å²) in [5, 5.41) is 6.75. The third-order valence-corrected chi connectivity index (χ3v) is 4.83. The van der Waals surface area contributed by atoms with Crippen LogP contribution in [0.3, 0.4) is 0 Å². The van der Waals surface area contributed by atoms with Gasteiger partial charge in [-0.15, -0.1) is 0 Å². The average Bonchev–Trinajstić information content (AvgIpc) is 2.66. The first-order valence-electron chi connectivity index (χ1n) is 8.99. The fourth-order valence-electron chi connectivity index (χ4n) is 2.87. The molecule has 1 aliphatic heterocycles. The summed E-state index contributed by atoms with van der Waals surface area (Å²) >= 11 is 6.12. The Morgan fingerprint density at radius 2 is 2.04 bits per heavy atom. The Morgan fingerprint density at radius 1 is 1.26 bits per heavy atom. The molecule has 0 bridgehead atoms. The van der Waals surface area contributed by atoms with Gasteiger partial charge in [-0.05, 0) is 31.5 Å². The maximum atomic E-state index is 12.6. The minimum absolute atomic E-state index is 0.290. The van der Waals surface area contributed by atoms with Crippen LogP contribution in [0.25, 0.3) is 0 Å². The Labute approximate surface area is 164 Å². The lowest BCUT2D eigenvalue weighted by molar-refractivity contribution is 0.0398. The standard InChI is InChI=1S/C19H24ClN5O2/c1-13-15(20)4-3-5-16(13)24-19(26)17-12-18(23-14(2)22-17)21-6-7-25-8-10-27-11-9-25/h3-5,12H,6-11H2,1-2H3,(H,24,26)(H,21,22,23). The predicted molar refractivity (Wildman–Crippen MR) is 107 cm³/mol. The zero-order valence-corrected chi connectivity index (χ0v) is 16.3. The highest BCUT2D eigenvalue weighted by molar-refractivity contribution is 6.31. The highest BCUT2D eigenvalue weighted by atomic mass is 35.5. The zero-order chi connectivity index (χ0) is 19.2. The van der Waals surface area contributed by atoms with Gasteiger partial charge in [-0.3, -0.25) is 9.69 Å². The van der Waals surface area contributed by atoms with Gasteiger partial charge in [0.2, 0.25) is 0 Å². The lowest BCUT2D eigenvalue weighted by Crippen LogP contribution is -2.39. The molecule has 1 amide bonds. The number of amides is 1. The molecule has 0 saturated carbocycles. The Hall–Kier alpha value is -2.22. The van der Waals surface area contributed by atoms with Crippen molar-refractivity contribution in [2.45, 2.75) is 13.8 Å². The molecule has 3 rings (SSSR count). The second-order valence-electron chi connectivity index (χ2n) is 6.43. The molecule has 8 heteroatoms. The van der Waals surface area contributed by atoms with Crippen LogP contribution in [0.1, 0.15) is 21.9 Å². The van der Waals surface area contributed by atoms with Gasteiger partial charge in [-0.1, -0.05) is 17.7 Å². The molecule has 1 saturated heterocycles. The van der Waals surface area contributed by atoms with Crippen LogP contribution in [0.2, 0.25) is 5.02 Å². The molecule has 0 aliphatic carbocycles. The van der Waals surface area contributed by atoms with E-state index in [0.717, 1.165) is 45.0 Å². The molecule has 0 unspecified atom stereocenters. The van der Waals surface area contributed by atoms with Crippen molar-refractivity contribution in [3.8, 4) is 0 Å². The van der Waals surface area contributed by atoms with Gasteiger partial charge < -0.3 is 15.4 Å². The number of carbonyl (C=O) groups is 1. The first-order chi connectivity index (χ1) is 13.0. The summed E-state index contributed by atoms with van der Waals surface area (Å²) in [4.78, 5) is 23.6. The summed E-state index contributed by atoms with van der Waals surface area (Å²) in [6.07, 6.45) is 0. The van der Waals surface area contributed by atoms with E-state index in [1.54, 1.807) is 25.1 Å². The number of ether oxygens (including phenoxy) is 1. The van der Waals surface area contributed by atoms with Crippen molar-refractivity contribution in [3.05, 3.63) is 46.4 Å². The predicted octanol–water partition coefficient (Wildman–Crippen LogP) is 2.74. The molecule has 2 aromatic rings. The topological polar surface area (TPSA) is 79.4 Å². The molecular formula is C19H24ClN5O2. The number of anilines is 2. The maximum absolute atomic E-state index is 12.6. The van der Waals surface area contributed by atoms with Gasteiger partial charge in [0.15, 0.2) is 0 Å². The molecule has 1 fully saturated rings. The summed E-state index contributed by atoms with van der Waals surface area (Å²) in [5.74, 6) is 0.894. The van der Waals surface area contributed by atoms with Crippen molar-refractivity contribution in [1.29, 1.82) is 0 Å². The third-order valence-electron chi connectivity index (χ3n) is 4.42. The minimum atomic E-state index is -0.290. The van der Waals surface area contributed by atoms with E-state index < -0.39 is 0 Å². The van der Waals surface area contributed by atoms with Crippen LogP contribution in [0.15, 0.2) is 24.3 Å². The molecule has 0 radical (unpaired) electrons. The van der Waals surface area contributed by atoms with Crippen LogP contribution in [0.4, 0.5) is 11.5 Å². The van der Waals surface area contributed by atoms with Crippen molar-refractivity contribution in [3.63, 3.8) is 0 Å². The Kier molecular flexibility index (Phi) is 6.60. The summed E-state index contributed by atoms with van der Waals surface area (Å²) in [5.41, 5.74) is 1.81. The highest BCUT2D eigenvalue weighted by Gasteiger charge is 2.14. The second kappa shape index (κ2) is 9.12. The molecule has 0 atom stereocenters. The number of benzene rings is 1. The van der Waals surface area contributed by atoms with Gasteiger partial charge in [0.25, 0.3) is 5.91 Å². The normalized spacial score (nSPS) is 14.8. The van der Waals surface area contributed by atoms with Crippen LogP contribution < -0.4 is 10.6 Å². The van der Waals surface area contributed by atoms with Crippen molar-refractivity contribution in [1.82, 2.24) is 14.9 Å². The van der Waals surface area contributed by atoms with Gasteiger partial charge in [-0.2, -0.15) is 0 Å². The molecular weight excluding hydrogens is 366 g/mol. The zero-order valence-electron chi connectivity index (χ0n) is 15.6. The number of aromatic nitrogens is 2. The van der Waals surface area contributed by atoms with E-state index in [2.05, 4.69) is 25.5 Å². The van der Waals surface area contributed by atoms with E-state index in [4.69, 9.17) is 16.3 Å². The average molecular weight is 390 g/mol. The highest BCUT2D eigenvalue weighted by Crippen LogP contribution is 2.23. The van der Waals surface area contributed by atoms with Crippen molar-refractivity contribution >= 4 is 29.0 Å². The minimum Gasteiger partial charge on any atom is -0.379 e. The van der Waals surface area contributed by atoms with Crippen LogP contribution in [0.5, 0.6) is 0 Å². The summed E-state index contributed by atoms with van der Waals surface area (Å²) < 4.78 is 5.35. The van der Waals surface area contributed by atoms with E-state index >= 15 is 0 Å².